The second-order valence-electron chi connectivity index (χ2n) is 8.85. The number of ether oxygens (including phenoxy) is 2. The molecule has 8 nitrogen and oxygen atoms in total. The van der Waals surface area contributed by atoms with E-state index in [0.29, 0.717) is 17.2 Å². The van der Waals surface area contributed by atoms with Crippen molar-refractivity contribution in [1.82, 2.24) is 14.8 Å². The Morgan fingerprint density at radius 3 is 2.47 bits per heavy atom. The molecule has 1 aromatic heterocycles. The maximum absolute atomic E-state index is 13.0. The predicted octanol–water partition coefficient (Wildman–Crippen LogP) is 2.91. The molecule has 1 fully saturated rings. The number of nitrogens with zero attached hydrogens (tertiary/aromatic N) is 3. The maximum Gasteiger partial charge on any atom is 0.328 e. The maximum atomic E-state index is 13.0. The molecule has 4 rings (SSSR count). The Labute approximate surface area is 199 Å². The number of carbonyl (C=O) groups excluding carboxylic acids is 3. The summed E-state index contributed by atoms with van der Waals surface area (Å²) in [6.07, 6.45) is 2.20. The lowest BCUT2D eigenvalue weighted by molar-refractivity contribution is -0.147. The predicted molar refractivity (Wildman–Crippen MR) is 125 cm³/mol. The highest BCUT2D eigenvalue weighted by Gasteiger charge is 2.38. The number of aromatic nitrogens is 1. The molecule has 2 aliphatic rings. The van der Waals surface area contributed by atoms with Crippen LogP contribution in [0.2, 0.25) is 0 Å². The lowest BCUT2D eigenvalue weighted by atomic mass is 9.92. The zero-order valence-electron chi connectivity index (χ0n) is 19.7. The quantitative estimate of drug-likeness (QED) is 0.554. The summed E-state index contributed by atoms with van der Waals surface area (Å²) in [6.45, 7) is 3.19. The number of likely N-dealkylation sites (tertiary alicyclic amines) is 1. The molecule has 0 saturated carbocycles. The van der Waals surface area contributed by atoms with Gasteiger partial charge in [0, 0.05) is 24.6 Å². The summed E-state index contributed by atoms with van der Waals surface area (Å²) < 4.78 is 9.58. The molecule has 0 spiro atoms. The Morgan fingerprint density at radius 2 is 1.79 bits per heavy atom. The second-order valence-corrected chi connectivity index (χ2v) is 8.85. The fourth-order valence-corrected chi connectivity index (χ4v) is 4.82. The molecule has 1 unspecified atom stereocenters. The van der Waals surface area contributed by atoms with Crippen LogP contribution in [0.4, 0.5) is 0 Å². The van der Waals surface area contributed by atoms with Gasteiger partial charge in [0.2, 0.25) is 0 Å². The van der Waals surface area contributed by atoms with Gasteiger partial charge in [0.15, 0.2) is 0 Å². The van der Waals surface area contributed by atoms with Gasteiger partial charge in [0.25, 0.3) is 5.91 Å². The van der Waals surface area contributed by atoms with Gasteiger partial charge in [-0.05, 0) is 50.0 Å². The Balaban J connectivity index is 1.41. The van der Waals surface area contributed by atoms with Crippen molar-refractivity contribution in [3.63, 3.8) is 0 Å². The fraction of sp³-hybridized carbons (Fsp3) is 0.462. The summed E-state index contributed by atoms with van der Waals surface area (Å²) in [4.78, 5) is 45.8. The van der Waals surface area contributed by atoms with Crippen molar-refractivity contribution in [2.75, 3.05) is 27.3 Å². The molecular weight excluding hydrogens is 434 g/mol. The van der Waals surface area contributed by atoms with Gasteiger partial charge in [-0.25, -0.2) is 4.79 Å². The van der Waals surface area contributed by atoms with E-state index in [0.717, 1.165) is 38.2 Å². The van der Waals surface area contributed by atoms with Gasteiger partial charge in [0.05, 0.1) is 32.0 Å². The average molecular weight is 466 g/mol. The highest BCUT2D eigenvalue weighted by Crippen LogP contribution is 2.31. The minimum atomic E-state index is -0.851. The number of pyridine rings is 1. The van der Waals surface area contributed by atoms with Crippen molar-refractivity contribution in [3.05, 3.63) is 65.0 Å². The Morgan fingerprint density at radius 1 is 1.06 bits per heavy atom. The first-order valence-electron chi connectivity index (χ1n) is 11.7. The van der Waals surface area contributed by atoms with E-state index >= 15 is 0 Å². The van der Waals surface area contributed by atoms with Crippen molar-refractivity contribution in [2.24, 2.45) is 0 Å². The molecule has 34 heavy (non-hydrogen) atoms. The van der Waals surface area contributed by atoms with Crippen LogP contribution >= 0.6 is 0 Å². The first-order chi connectivity index (χ1) is 16.5. The van der Waals surface area contributed by atoms with Crippen molar-refractivity contribution in [1.29, 1.82) is 0 Å². The van der Waals surface area contributed by atoms with Crippen LogP contribution in [0.1, 0.15) is 58.9 Å². The molecule has 1 aromatic carbocycles. The molecule has 180 valence electrons. The van der Waals surface area contributed by atoms with Gasteiger partial charge < -0.3 is 14.4 Å². The van der Waals surface area contributed by atoms with Crippen LogP contribution in [0.5, 0.6) is 0 Å². The zero-order chi connectivity index (χ0) is 24.1. The molecule has 8 heteroatoms. The normalized spacial score (nSPS) is 17.4. The van der Waals surface area contributed by atoms with Crippen molar-refractivity contribution in [3.8, 4) is 0 Å². The van der Waals surface area contributed by atoms with Crippen LogP contribution in [0.3, 0.4) is 0 Å². The standard InChI is InChI=1S/C26H31N3O5/c1-33-24(30)11-10-23(26(32)34-2)29-17-22-20(25(29)31)8-9-21(27-22)19-12-14-28(15-13-19)16-18-6-4-3-5-7-18/h3-9,19,23H,10-17H2,1-2H3. The number of fused-ring (bicyclic) bond motifs is 1. The topological polar surface area (TPSA) is 89.0 Å². The molecule has 0 N–H and O–H groups in total. The van der Waals surface area contributed by atoms with Crippen LogP contribution in [-0.2, 0) is 32.2 Å². The summed E-state index contributed by atoms with van der Waals surface area (Å²) in [6, 6.07) is 13.4. The van der Waals surface area contributed by atoms with Gasteiger partial charge in [-0.1, -0.05) is 30.3 Å². The van der Waals surface area contributed by atoms with E-state index in [4.69, 9.17) is 9.72 Å². The summed E-state index contributed by atoms with van der Waals surface area (Å²) in [5.74, 6) is -0.891. The molecule has 2 aliphatic heterocycles. The van der Waals surface area contributed by atoms with Crippen LogP contribution in [0.25, 0.3) is 0 Å². The zero-order valence-corrected chi connectivity index (χ0v) is 19.7. The lowest BCUT2D eigenvalue weighted by Gasteiger charge is -2.31. The SMILES string of the molecule is COC(=O)CCC(C(=O)OC)N1Cc2nc(C3CCN(Cc4ccccc4)CC3)ccc2C1=O. The van der Waals surface area contributed by atoms with Crippen molar-refractivity contribution < 1.29 is 23.9 Å². The number of hydrogen-bond acceptors (Lipinski definition) is 7. The Hall–Kier alpha value is -3.26. The molecule has 0 bridgehead atoms. The van der Waals surface area contributed by atoms with Gasteiger partial charge in [-0.15, -0.1) is 0 Å². The highest BCUT2D eigenvalue weighted by atomic mass is 16.5. The van der Waals surface area contributed by atoms with Crippen molar-refractivity contribution >= 4 is 17.8 Å². The lowest BCUT2D eigenvalue weighted by Crippen LogP contribution is -2.42. The average Bonchev–Trinajstić information content (AvgIpc) is 3.20. The molecule has 0 aliphatic carbocycles. The first-order valence-corrected chi connectivity index (χ1v) is 11.7. The second kappa shape index (κ2) is 10.8. The third kappa shape index (κ3) is 5.28. The van der Waals surface area contributed by atoms with Crippen molar-refractivity contribution in [2.45, 2.75) is 50.7 Å². The molecule has 3 heterocycles. The van der Waals surface area contributed by atoms with Crippen LogP contribution < -0.4 is 0 Å². The van der Waals surface area contributed by atoms with E-state index in [1.807, 2.05) is 18.2 Å². The number of carbonyl (C=O) groups is 3. The largest absolute Gasteiger partial charge is 0.469 e. The van der Waals surface area contributed by atoms with Gasteiger partial charge in [-0.3, -0.25) is 19.5 Å². The number of hydrogen-bond donors (Lipinski definition) is 0. The van der Waals surface area contributed by atoms with E-state index in [2.05, 4.69) is 33.9 Å². The molecule has 1 saturated heterocycles. The summed E-state index contributed by atoms with van der Waals surface area (Å²) in [7, 11) is 2.58. The number of esters is 2. The van der Waals surface area contributed by atoms with Crippen LogP contribution in [-0.4, -0.2) is 66.0 Å². The first kappa shape index (κ1) is 23.9. The molecular formula is C26H31N3O5. The number of benzene rings is 1. The summed E-state index contributed by atoms with van der Waals surface area (Å²) in [5, 5.41) is 0. The fourth-order valence-electron chi connectivity index (χ4n) is 4.82. The van der Waals surface area contributed by atoms with Gasteiger partial charge >= 0.3 is 11.9 Å². The number of piperidine rings is 1. The number of rotatable bonds is 8. The third-order valence-electron chi connectivity index (χ3n) is 6.76. The van der Waals surface area contributed by atoms with Crippen LogP contribution in [0.15, 0.2) is 42.5 Å². The highest BCUT2D eigenvalue weighted by molar-refractivity contribution is 6.00. The van der Waals surface area contributed by atoms with E-state index in [9.17, 15) is 14.4 Å². The minimum Gasteiger partial charge on any atom is -0.469 e. The smallest absolute Gasteiger partial charge is 0.328 e. The number of methoxy groups -OCH3 is 2. The van der Waals surface area contributed by atoms with Gasteiger partial charge in [-0.2, -0.15) is 0 Å². The van der Waals surface area contributed by atoms with Crippen LogP contribution in [0, 0.1) is 0 Å². The van der Waals surface area contributed by atoms with E-state index in [-0.39, 0.29) is 25.3 Å². The van der Waals surface area contributed by atoms with E-state index in [1.54, 1.807) is 0 Å². The van der Waals surface area contributed by atoms with Gasteiger partial charge in [0.1, 0.15) is 6.04 Å². The Bertz CT molecular complexity index is 1030. The van der Waals surface area contributed by atoms with E-state index in [1.165, 1.54) is 24.7 Å². The Kier molecular flexibility index (Phi) is 7.57. The third-order valence-corrected chi connectivity index (χ3v) is 6.76. The number of amides is 1. The summed E-state index contributed by atoms with van der Waals surface area (Å²) >= 11 is 0. The molecule has 0 radical (unpaired) electrons. The minimum absolute atomic E-state index is 0.0244. The molecule has 2 aromatic rings. The van der Waals surface area contributed by atoms with E-state index < -0.39 is 18.0 Å². The molecule has 1 atom stereocenters. The monoisotopic (exact) mass is 465 g/mol. The molecule has 1 amide bonds. The summed E-state index contributed by atoms with van der Waals surface area (Å²) in [5.41, 5.74) is 3.51.